The first kappa shape index (κ1) is 23.2. The van der Waals surface area contributed by atoms with Crippen molar-refractivity contribution in [3.8, 4) is 11.5 Å². The van der Waals surface area contributed by atoms with Crippen LogP contribution in [0.15, 0.2) is 48.7 Å². The molecule has 3 heterocycles. The second-order valence-electron chi connectivity index (χ2n) is 9.51. The van der Waals surface area contributed by atoms with Crippen molar-refractivity contribution >= 4 is 23.1 Å². The summed E-state index contributed by atoms with van der Waals surface area (Å²) < 4.78 is 11.5. The zero-order chi connectivity index (χ0) is 24.6. The molecule has 1 spiro atoms. The minimum absolute atomic E-state index is 0.0161. The lowest BCUT2D eigenvalue weighted by molar-refractivity contribution is -0.142. The molecular weight excluding hydrogens is 444 g/mol. The number of anilines is 1. The van der Waals surface area contributed by atoms with Gasteiger partial charge in [0.25, 0.3) is 5.91 Å². The van der Waals surface area contributed by atoms with E-state index in [0.717, 1.165) is 34.6 Å². The van der Waals surface area contributed by atoms with Crippen LogP contribution in [-0.2, 0) is 16.0 Å². The minimum Gasteiger partial charge on any atom is -0.496 e. The summed E-state index contributed by atoms with van der Waals surface area (Å²) >= 11 is 0. The van der Waals surface area contributed by atoms with Gasteiger partial charge in [-0.05, 0) is 54.8 Å². The van der Waals surface area contributed by atoms with Gasteiger partial charge >= 0.3 is 0 Å². The standard InChI is InChI=1S/C27H32N4O4/c1-34-23-15-20(6-7-21(23)19(16-28)17-29)31-13-10-27(26(31)33)8-11-30(12-9-27)25(32)24-14-18-4-2-3-5-22(18)35-24/h2-7,15-16,24H,8-14,17,28-29H2,1H3/b19-16+. The van der Waals surface area contributed by atoms with Gasteiger partial charge in [0.2, 0.25) is 5.91 Å². The first-order valence-electron chi connectivity index (χ1n) is 12.1. The number of nitrogens with two attached hydrogens (primary N) is 2. The van der Waals surface area contributed by atoms with E-state index in [-0.39, 0.29) is 11.8 Å². The number of methoxy groups -OCH3 is 1. The Hall–Kier alpha value is -3.52. The summed E-state index contributed by atoms with van der Waals surface area (Å²) in [6.45, 7) is 2.08. The lowest BCUT2D eigenvalue weighted by Crippen LogP contribution is -2.50. The number of amides is 2. The third kappa shape index (κ3) is 4.01. The Balaban J connectivity index is 1.25. The number of ether oxygens (including phenoxy) is 2. The minimum atomic E-state index is -0.468. The van der Waals surface area contributed by atoms with E-state index >= 15 is 0 Å². The molecule has 2 aromatic rings. The summed E-state index contributed by atoms with van der Waals surface area (Å²) in [5.74, 6) is 1.57. The van der Waals surface area contributed by atoms with Crippen LogP contribution in [0.2, 0.25) is 0 Å². The van der Waals surface area contributed by atoms with Crippen LogP contribution in [0, 0.1) is 5.41 Å². The highest BCUT2D eigenvalue weighted by Crippen LogP contribution is 2.44. The van der Waals surface area contributed by atoms with E-state index in [2.05, 4.69) is 0 Å². The van der Waals surface area contributed by atoms with Gasteiger partial charge in [-0.25, -0.2) is 0 Å². The fourth-order valence-electron chi connectivity index (χ4n) is 5.59. The fourth-order valence-corrected chi connectivity index (χ4v) is 5.59. The highest BCUT2D eigenvalue weighted by Gasteiger charge is 2.49. The molecule has 0 saturated carbocycles. The Bertz CT molecular complexity index is 1140. The first-order chi connectivity index (χ1) is 17.0. The molecule has 8 nitrogen and oxygen atoms in total. The number of carbonyl (C=O) groups excluding carboxylic acids is 2. The number of rotatable bonds is 5. The van der Waals surface area contributed by atoms with Crippen LogP contribution in [0.1, 0.15) is 30.4 Å². The average Bonchev–Trinajstić information content (AvgIpc) is 3.47. The van der Waals surface area contributed by atoms with Crippen LogP contribution in [-0.4, -0.2) is 56.1 Å². The number of hydrogen-bond acceptors (Lipinski definition) is 6. The Morgan fingerprint density at radius 2 is 1.91 bits per heavy atom. The molecule has 0 radical (unpaired) electrons. The third-order valence-electron chi connectivity index (χ3n) is 7.73. The van der Waals surface area contributed by atoms with Gasteiger partial charge in [0.15, 0.2) is 6.10 Å². The maximum absolute atomic E-state index is 13.6. The molecule has 8 heteroatoms. The van der Waals surface area contributed by atoms with Crippen molar-refractivity contribution in [1.82, 2.24) is 4.90 Å². The quantitative estimate of drug-likeness (QED) is 0.685. The summed E-state index contributed by atoms with van der Waals surface area (Å²) in [4.78, 5) is 30.4. The summed E-state index contributed by atoms with van der Waals surface area (Å²) in [6.07, 6.45) is 3.72. The molecular formula is C27H32N4O4. The van der Waals surface area contributed by atoms with Crippen molar-refractivity contribution in [2.75, 3.05) is 38.2 Å². The molecule has 2 amide bonds. The van der Waals surface area contributed by atoms with Crippen LogP contribution >= 0.6 is 0 Å². The zero-order valence-corrected chi connectivity index (χ0v) is 20.0. The van der Waals surface area contributed by atoms with E-state index in [1.807, 2.05) is 52.3 Å². The maximum Gasteiger partial charge on any atom is 0.263 e. The van der Waals surface area contributed by atoms with Crippen molar-refractivity contribution in [3.05, 3.63) is 59.8 Å². The van der Waals surface area contributed by atoms with Crippen LogP contribution in [0.4, 0.5) is 5.69 Å². The van der Waals surface area contributed by atoms with E-state index in [1.54, 1.807) is 7.11 Å². The van der Waals surface area contributed by atoms with Gasteiger partial charge < -0.3 is 30.7 Å². The highest BCUT2D eigenvalue weighted by atomic mass is 16.5. The molecule has 1 atom stereocenters. The smallest absolute Gasteiger partial charge is 0.263 e. The molecule has 35 heavy (non-hydrogen) atoms. The normalized spacial score (nSPS) is 21.3. The molecule has 3 aliphatic rings. The van der Waals surface area contributed by atoms with E-state index < -0.39 is 11.5 Å². The Kier molecular flexibility index (Phi) is 6.15. The van der Waals surface area contributed by atoms with Gasteiger partial charge in [0, 0.05) is 49.9 Å². The van der Waals surface area contributed by atoms with E-state index in [4.69, 9.17) is 20.9 Å². The predicted octanol–water partition coefficient (Wildman–Crippen LogP) is 2.30. The van der Waals surface area contributed by atoms with Gasteiger partial charge in [-0.1, -0.05) is 18.2 Å². The molecule has 2 saturated heterocycles. The molecule has 2 fully saturated rings. The van der Waals surface area contributed by atoms with Crippen LogP contribution in [0.3, 0.4) is 0 Å². The summed E-state index contributed by atoms with van der Waals surface area (Å²) in [7, 11) is 1.60. The topological polar surface area (TPSA) is 111 Å². The second kappa shape index (κ2) is 9.26. The van der Waals surface area contributed by atoms with Gasteiger partial charge in [-0.3, -0.25) is 9.59 Å². The van der Waals surface area contributed by atoms with Crippen LogP contribution < -0.4 is 25.8 Å². The number of fused-ring (bicyclic) bond motifs is 1. The van der Waals surface area contributed by atoms with Crippen molar-refractivity contribution in [2.24, 2.45) is 16.9 Å². The average molecular weight is 477 g/mol. The van der Waals surface area contributed by atoms with Gasteiger partial charge in [-0.15, -0.1) is 0 Å². The van der Waals surface area contributed by atoms with Crippen LogP contribution in [0.5, 0.6) is 11.5 Å². The number of nitrogens with zero attached hydrogens (tertiary/aromatic N) is 2. The zero-order valence-electron chi connectivity index (χ0n) is 20.0. The number of hydrogen-bond donors (Lipinski definition) is 2. The van der Waals surface area contributed by atoms with Crippen molar-refractivity contribution in [2.45, 2.75) is 31.8 Å². The van der Waals surface area contributed by atoms with Crippen molar-refractivity contribution in [3.63, 3.8) is 0 Å². The Labute approximate surface area is 205 Å². The molecule has 0 bridgehead atoms. The molecule has 5 rings (SSSR count). The lowest BCUT2D eigenvalue weighted by atomic mass is 9.77. The molecule has 3 aliphatic heterocycles. The van der Waals surface area contributed by atoms with Gasteiger partial charge in [0.05, 0.1) is 12.5 Å². The van der Waals surface area contributed by atoms with E-state index in [9.17, 15) is 9.59 Å². The van der Waals surface area contributed by atoms with Crippen molar-refractivity contribution in [1.29, 1.82) is 0 Å². The number of likely N-dealkylation sites (tertiary alicyclic amines) is 1. The molecule has 0 aromatic heterocycles. The summed E-state index contributed by atoms with van der Waals surface area (Å²) in [6, 6.07) is 13.5. The van der Waals surface area contributed by atoms with Gasteiger partial charge in [-0.2, -0.15) is 0 Å². The second-order valence-corrected chi connectivity index (χ2v) is 9.51. The van der Waals surface area contributed by atoms with Crippen LogP contribution in [0.25, 0.3) is 5.57 Å². The molecule has 2 aromatic carbocycles. The predicted molar refractivity (Wildman–Crippen MR) is 134 cm³/mol. The van der Waals surface area contributed by atoms with Crippen molar-refractivity contribution < 1.29 is 19.1 Å². The van der Waals surface area contributed by atoms with E-state index in [1.165, 1.54) is 6.20 Å². The first-order valence-corrected chi connectivity index (χ1v) is 12.1. The lowest BCUT2D eigenvalue weighted by Gasteiger charge is -2.38. The SMILES string of the molecule is COc1cc(N2CCC3(CCN(C(=O)C4Cc5ccccc5O4)CC3)C2=O)ccc1/C(=C/N)CN. The Morgan fingerprint density at radius 3 is 2.60 bits per heavy atom. The number of benzene rings is 2. The number of piperidine rings is 1. The molecule has 184 valence electrons. The largest absolute Gasteiger partial charge is 0.496 e. The fraction of sp³-hybridized carbons (Fsp3) is 0.407. The summed E-state index contributed by atoms with van der Waals surface area (Å²) in [5.41, 5.74) is 14.6. The highest BCUT2D eigenvalue weighted by molar-refractivity contribution is 6.00. The summed E-state index contributed by atoms with van der Waals surface area (Å²) in [5, 5.41) is 0. The number of carbonyl (C=O) groups is 2. The third-order valence-corrected chi connectivity index (χ3v) is 7.73. The monoisotopic (exact) mass is 476 g/mol. The maximum atomic E-state index is 13.6. The van der Waals surface area contributed by atoms with Gasteiger partial charge in [0.1, 0.15) is 11.5 Å². The molecule has 0 aliphatic carbocycles. The van der Waals surface area contributed by atoms with E-state index in [0.29, 0.717) is 51.2 Å². The molecule has 1 unspecified atom stereocenters. The molecule has 4 N–H and O–H groups in total. The Morgan fingerprint density at radius 1 is 1.17 bits per heavy atom. The number of para-hydroxylation sites is 1.